The number of anilines is 1. The molecule has 0 saturated carbocycles. The second kappa shape index (κ2) is 3.82. The van der Waals surface area contributed by atoms with E-state index in [0.717, 1.165) is 32.2 Å². The summed E-state index contributed by atoms with van der Waals surface area (Å²) in [5, 5.41) is 2.83. The Labute approximate surface area is 103 Å². The van der Waals surface area contributed by atoms with Gasteiger partial charge in [0, 0.05) is 17.1 Å². The third kappa shape index (κ3) is 1.66. The van der Waals surface area contributed by atoms with E-state index in [1.807, 2.05) is 37.3 Å². The molecule has 2 heterocycles. The first-order chi connectivity index (χ1) is 8.25. The van der Waals surface area contributed by atoms with Crippen molar-refractivity contribution in [2.75, 3.05) is 5.73 Å². The molecule has 3 nitrogen and oxygen atoms in total. The predicted molar refractivity (Wildman–Crippen MR) is 72.0 cm³/mol. The van der Waals surface area contributed by atoms with Crippen molar-refractivity contribution in [1.29, 1.82) is 0 Å². The lowest BCUT2D eigenvalue weighted by atomic mass is 10.1. The number of aryl methyl sites for hydroxylation is 1. The fraction of sp³-hybridized carbons (Fsp3) is 0.0769. The molecule has 17 heavy (non-hydrogen) atoms. The van der Waals surface area contributed by atoms with Gasteiger partial charge in [-0.25, -0.2) is 4.98 Å². The first-order valence-electron chi connectivity index (χ1n) is 5.33. The number of nitrogen functional groups attached to an aromatic ring is 1. The molecule has 0 amide bonds. The van der Waals surface area contributed by atoms with Crippen LogP contribution in [-0.2, 0) is 0 Å². The van der Waals surface area contributed by atoms with Crippen LogP contribution in [0.4, 0.5) is 5.00 Å². The molecule has 0 atom stereocenters. The Balaban J connectivity index is 2.34. The van der Waals surface area contributed by atoms with Gasteiger partial charge in [0.25, 0.3) is 0 Å². The van der Waals surface area contributed by atoms with Gasteiger partial charge in [-0.05, 0) is 13.0 Å². The maximum Gasteiger partial charge on any atom is 0.114 e. The summed E-state index contributed by atoms with van der Waals surface area (Å²) >= 11 is 1.51. The van der Waals surface area contributed by atoms with Crippen LogP contribution in [0.15, 0.2) is 36.5 Å². The molecule has 0 saturated heterocycles. The number of pyridine rings is 1. The van der Waals surface area contributed by atoms with Crippen LogP contribution < -0.4 is 5.73 Å². The molecule has 0 spiro atoms. The Hall–Kier alpha value is -1.94. The number of thiazole rings is 1. The van der Waals surface area contributed by atoms with Crippen LogP contribution in [0.25, 0.3) is 22.2 Å². The quantitative estimate of drug-likeness (QED) is 0.711. The molecule has 0 aliphatic heterocycles. The number of nitrogens with two attached hydrogens (primary N) is 1. The van der Waals surface area contributed by atoms with Gasteiger partial charge in [-0.15, -0.1) is 11.3 Å². The first kappa shape index (κ1) is 10.2. The Kier molecular flexibility index (Phi) is 2.30. The minimum absolute atomic E-state index is 0.751. The molecule has 3 aromatic rings. The number of para-hydroxylation sites is 1. The topological polar surface area (TPSA) is 51.8 Å². The zero-order chi connectivity index (χ0) is 11.8. The monoisotopic (exact) mass is 241 g/mol. The van der Waals surface area contributed by atoms with Crippen molar-refractivity contribution in [2.24, 2.45) is 0 Å². The molecule has 2 N–H and O–H groups in total. The minimum atomic E-state index is 0.751. The summed E-state index contributed by atoms with van der Waals surface area (Å²) in [4.78, 5) is 8.90. The highest BCUT2D eigenvalue weighted by Crippen LogP contribution is 2.33. The van der Waals surface area contributed by atoms with Crippen LogP contribution >= 0.6 is 11.3 Å². The number of nitrogens with zero attached hydrogens (tertiary/aromatic N) is 2. The molecule has 0 radical (unpaired) electrons. The maximum absolute atomic E-state index is 5.99. The highest BCUT2D eigenvalue weighted by Gasteiger charge is 2.11. The van der Waals surface area contributed by atoms with E-state index in [2.05, 4.69) is 9.97 Å². The van der Waals surface area contributed by atoms with Crippen molar-refractivity contribution in [1.82, 2.24) is 9.97 Å². The van der Waals surface area contributed by atoms with Crippen LogP contribution in [0, 0.1) is 6.92 Å². The van der Waals surface area contributed by atoms with Gasteiger partial charge in [0.05, 0.1) is 10.5 Å². The van der Waals surface area contributed by atoms with E-state index < -0.39 is 0 Å². The molecule has 84 valence electrons. The molecule has 2 aromatic heterocycles. The van der Waals surface area contributed by atoms with Gasteiger partial charge in [-0.2, -0.15) is 0 Å². The van der Waals surface area contributed by atoms with Crippen molar-refractivity contribution in [2.45, 2.75) is 6.92 Å². The Morgan fingerprint density at radius 2 is 2.00 bits per heavy atom. The van der Waals surface area contributed by atoms with E-state index in [9.17, 15) is 0 Å². The minimum Gasteiger partial charge on any atom is -0.389 e. The molecular weight excluding hydrogens is 230 g/mol. The number of hydrogen-bond donors (Lipinski definition) is 1. The lowest BCUT2D eigenvalue weighted by molar-refractivity contribution is 1.30. The second-order valence-corrected chi connectivity index (χ2v) is 5.06. The molecule has 0 aliphatic carbocycles. The zero-order valence-electron chi connectivity index (χ0n) is 9.34. The van der Waals surface area contributed by atoms with E-state index in [1.165, 1.54) is 11.3 Å². The summed E-state index contributed by atoms with van der Waals surface area (Å²) in [6.45, 7) is 1.96. The van der Waals surface area contributed by atoms with Crippen molar-refractivity contribution in [3.05, 3.63) is 41.5 Å². The van der Waals surface area contributed by atoms with Gasteiger partial charge in [0.1, 0.15) is 10.7 Å². The van der Waals surface area contributed by atoms with Gasteiger partial charge < -0.3 is 5.73 Å². The summed E-state index contributed by atoms with van der Waals surface area (Å²) in [6, 6.07) is 10.0. The van der Waals surface area contributed by atoms with Gasteiger partial charge in [-0.1, -0.05) is 24.3 Å². The number of aromatic nitrogens is 2. The van der Waals surface area contributed by atoms with Gasteiger partial charge >= 0.3 is 0 Å². The Morgan fingerprint density at radius 3 is 2.76 bits per heavy atom. The largest absolute Gasteiger partial charge is 0.389 e. The van der Waals surface area contributed by atoms with Gasteiger partial charge in [-0.3, -0.25) is 4.98 Å². The van der Waals surface area contributed by atoms with Gasteiger partial charge in [0.2, 0.25) is 0 Å². The molecule has 0 fully saturated rings. The van der Waals surface area contributed by atoms with E-state index in [1.54, 1.807) is 6.20 Å². The highest BCUT2D eigenvalue weighted by molar-refractivity contribution is 7.16. The lowest BCUT2D eigenvalue weighted by Gasteiger charge is -2.03. The normalized spacial score (nSPS) is 10.9. The van der Waals surface area contributed by atoms with Crippen LogP contribution in [0.2, 0.25) is 0 Å². The standard InChI is InChI=1S/C13H11N3S/c1-8-16-12(13(14)17-8)10-6-2-4-9-5-3-7-15-11(9)10/h2-7H,14H2,1H3. The molecule has 1 aromatic carbocycles. The SMILES string of the molecule is Cc1nc(-c2cccc3cccnc23)c(N)s1. The van der Waals surface area contributed by atoms with Crippen LogP contribution in [-0.4, -0.2) is 9.97 Å². The molecule has 0 unspecified atom stereocenters. The number of fused-ring (bicyclic) bond motifs is 1. The smallest absolute Gasteiger partial charge is 0.114 e. The van der Waals surface area contributed by atoms with Crippen LogP contribution in [0.3, 0.4) is 0 Å². The van der Waals surface area contributed by atoms with Crippen molar-refractivity contribution < 1.29 is 0 Å². The van der Waals surface area contributed by atoms with E-state index in [4.69, 9.17) is 5.73 Å². The number of benzene rings is 1. The fourth-order valence-corrected chi connectivity index (χ4v) is 2.64. The lowest BCUT2D eigenvalue weighted by Crippen LogP contribution is -1.89. The third-order valence-corrected chi connectivity index (χ3v) is 3.45. The fourth-order valence-electron chi connectivity index (χ4n) is 1.93. The van der Waals surface area contributed by atoms with Gasteiger partial charge in [0.15, 0.2) is 0 Å². The third-order valence-electron chi connectivity index (χ3n) is 2.65. The molecule has 3 rings (SSSR count). The van der Waals surface area contributed by atoms with Crippen molar-refractivity contribution in [3.8, 4) is 11.3 Å². The summed E-state index contributed by atoms with van der Waals surface area (Å²) in [5.41, 5.74) is 8.79. The highest BCUT2D eigenvalue weighted by atomic mass is 32.1. The summed E-state index contributed by atoms with van der Waals surface area (Å²) in [6.07, 6.45) is 1.79. The van der Waals surface area contributed by atoms with Crippen molar-refractivity contribution >= 4 is 27.2 Å². The van der Waals surface area contributed by atoms with E-state index in [0.29, 0.717) is 0 Å². The van der Waals surface area contributed by atoms with Crippen LogP contribution in [0.1, 0.15) is 5.01 Å². The molecular formula is C13H11N3S. The predicted octanol–water partition coefficient (Wildman–Crippen LogP) is 3.25. The maximum atomic E-state index is 5.99. The first-order valence-corrected chi connectivity index (χ1v) is 6.14. The molecule has 0 bridgehead atoms. The summed E-state index contributed by atoms with van der Waals surface area (Å²) in [7, 11) is 0. The summed E-state index contributed by atoms with van der Waals surface area (Å²) in [5.74, 6) is 0. The second-order valence-electron chi connectivity index (χ2n) is 3.83. The summed E-state index contributed by atoms with van der Waals surface area (Å²) < 4.78 is 0. The van der Waals surface area contributed by atoms with Crippen molar-refractivity contribution in [3.63, 3.8) is 0 Å². The zero-order valence-corrected chi connectivity index (χ0v) is 10.2. The molecule has 0 aliphatic rings. The molecule has 4 heteroatoms. The van der Waals surface area contributed by atoms with E-state index >= 15 is 0 Å². The van der Waals surface area contributed by atoms with Crippen LogP contribution in [0.5, 0.6) is 0 Å². The average molecular weight is 241 g/mol. The van der Waals surface area contributed by atoms with E-state index in [-0.39, 0.29) is 0 Å². The average Bonchev–Trinajstić information content (AvgIpc) is 2.68. The number of hydrogen-bond acceptors (Lipinski definition) is 4. The Morgan fingerprint density at radius 1 is 1.18 bits per heavy atom. The number of rotatable bonds is 1. The Bertz CT molecular complexity index is 683.